The van der Waals surface area contributed by atoms with Crippen LogP contribution in [-0.4, -0.2) is 24.8 Å². The van der Waals surface area contributed by atoms with Crippen LogP contribution in [0.25, 0.3) is 16.9 Å². The lowest BCUT2D eigenvalue weighted by molar-refractivity contribution is 0.692. The monoisotopic (exact) mass is 287 g/mol. The zero-order valence-electron chi connectivity index (χ0n) is 10.6. The van der Waals surface area contributed by atoms with Crippen LogP contribution in [0.2, 0.25) is 5.02 Å². The first-order chi connectivity index (χ1) is 9.66. The maximum atomic E-state index is 11.7. The molecule has 2 heterocycles. The lowest BCUT2D eigenvalue weighted by atomic mass is 10.2. The van der Waals surface area contributed by atoms with E-state index in [0.717, 1.165) is 5.56 Å². The zero-order chi connectivity index (χ0) is 14.1. The van der Waals surface area contributed by atoms with E-state index in [4.69, 9.17) is 11.6 Å². The molecule has 7 heteroatoms. The molecule has 0 saturated heterocycles. The van der Waals surface area contributed by atoms with Crippen molar-refractivity contribution >= 4 is 11.6 Å². The average Bonchev–Trinajstić information content (AvgIpc) is 2.95. The van der Waals surface area contributed by atoms with E-state index in [-0.39, 0.29) is 10.6 Å². The topological polar surface area (TPSA) is 65.6 Å². The molecule has 6 nitrogen and oxygen atoms in total. The predicted molar refractivity (Wildman–Crippen MR) is 74.8 cm³/mol. The highest BCUT2D eigenvalue weighted by Crippen LogP contribution is 2.19. The first kappa shape index (κ1) is 12.6. The number of aromatic nitrogens is 5. The second-order valence-corrected chi connectivity index (χ2v) is 4.56. The van der Waals surface area contributed by atoms with E-state index in [1.54, 1.807) is 6.20 Å². The van der Waals surface area contributed by atoms with E-state index in [9.17, 15) is 4.79 Å². The average molecular weight is 288 g/mol. The summed E-state index contributed by atoms with van der Waals surface area (Å²) in [4.78, 5) is 11.7. The van der Waals surface area contributed by atoms with Crippen LogP contribution in [0.4, 0.5) is 0 Å². The molecule has 0 saturated carbocycles. The molecule has 0 amide bonds. The fourth-order valence-corrected chi connectivity index (χ4v) is 2.04. The summed E-state index contributed by atoms with van der Waals surface area (Å²) in [6, 6.07) is 9.62. The minimum atomic E-state index is -0.374. The minimum Gasteiger partial charge on any atom is -0.266 e. The van der Waals surface area contributed by atoms with Gasteiger partial charge in [-0.1, -0.05) is 47.1 Å². The van der Waals surface area contributed by atoms with E-state index in [2.05, 4.69) is 15.4 Å². The van der Waals surface area contributed by atoms with Crippen molar-refractivity contribution in [3.63, 3.8) is 0 Å². The van der Waals surface area contributed by atoms with Gasteiger partial charge in [-0.25, -0.2) is 9.36 Å². The maximum Gasteiger partial charge on any atom is 0.287 e. The molecule has 100 valence electrons. The number of rotatable bonds is 2. The van der Waals surface area contributed by atoms with Gasteiger partial charge in [0.2, 0.25) is 0 Å². The Morgan fingerprint density at radius 1 is 1.20 bits per heavy atom. The summed E-state index contributed by atoms with van der Waals surface area (Å²) in [5.41, 5.74) is 1.67. The summed E-state index contributed by atoms with van der Waals surface area (Å²) in [5, 5.41) is 12.1. The molecule has 0 aliphatic carbocycles. The van der Waals surface area contributed by atoms with Crippen LogP contribution < -0.4 is 5.56 Å². The molecule has 0 aliphatic rings. The SMILES string of the molecule is Cn1ncc(-n2cc(-c3ccccc3)nn2)c(Cl)c1=O. The lowest BCUT2D eigenvalue weighted by Crippen LogP contribution is -2.21. The lowest BCUT2D eigenvalue weighted by Gasteiger charge is -2.03. The van der Waals surface area contributed by atoms with Gasteiger partial charge in [-0.2, -0.15) is 5.10 Å². The highest BCUT2D eigenvalue weighted by molar-refractivity contribution is 6.32. The number of nitrogens with zero attached hydrogens (tertiary/aromatic N) is 5. The van der Waals surface area contributed by atoms with Crippen molar-refractivity contribution in [1.82, 2.24) is 24.8 Å². The van der Waals surface area contributed by atoms with Crippen molar-refractivity contribution in [2.75, 3.05) is 0 Å². The maximum absolute atomic E-state index is 11.7. The summed E-state index contributed by atoms with van der Waals surface area (Å²) < 4.78 is 2.61. The van der Waals surface area contributed by atoms with Crippen molar-refractivity contribution in [3.05, 3.63) is 58.1 Å². The van der Waals surface area contributed by atoms with Gasteiger partial charge in [-0.3, -0.25) is 4.79 Å². The molecular weight excluding hydrogens is 278 g/mol. The Labute approximate surface area is 119 Å². The van der Waals surface area contributed by atoms with Crippen molar-refractivity contribution in [1.29, 1.82) is 0 Å². The van der Waals surface area contributed by atoms with E-state index in [1.165, 1.54) is 22.6 Å². The fourth-order valence-electron chi connectivity index (χ4n) is 1.78. The van der Waals surface area contributed by atoms with Crippen LogP contribution in [0.3, 0.4) is 0 Å². The van der Waals surface area contributed by atoms with Gasteiger partial charge >= 0.3 is 0 Å². The third-order valence-corrected chi connectivity index (χ3v) is 3.22. The van der Waals surface area contributed by atoms with Crippen molar-refractivity contribution in [3.8, 4) is 16.9 Å². The fraction of sp³-hybridized carbons (Fsp3) is 0.0769. The quantitative estimate of drug-likeness (QED) is 0.719. The Balaban J connectivity index is 2.08. The van der Waals surface area contributed by atoms with Gasteiger partial charge in [-0.15, -0.1) is 5.10 Å². The number of hydrogen-bond donors (Lipinski definition) is 0. The molecule has 20 heavy (non-hydrogen) atoms. The number of halogens is 1. The molecule has 0 fully saturated rings. The van der Waals surface area contributed by atoms with E-state index < -0.39 is 0 Å². The van der Waals surface area contributed by atoms with Crippen LogP contribution in [-0.2, 0) is 7.05 Å². The minimum absolute atomic E-state index is 0.0620. The summed E-state index contributed by atoms with van der Waals surface area (Å²) in [6.45, 7) is 0. The molecule has 0 bridgehead atoms. The normalized spacial score (nSPS) is 10.7. The highest BCUT2D eigenvalue weighted by Gasteiger charge is 2.12. The van der Waals surface area contributed by atoms with Gasteiger partial charge in [0.15, 0.2) is 0 Å². The first-order valence-corrected chi connectivity index (χ1v) is 6.24. The van der Waals surface area contributed by atoms with Gasteiger partial charge < -0.3 is 0 Å². The van der Waals surface area contributed by atoms with Crippen LogP contribution in [0.5, 0.6) is 0 Å². The van der Waals surface area contributed by atoms with Crippen LogP contribution >= 0.6 is 11.6 Å². The van der Waals surface area contributed by atoms with Crippen molar-refractivity contribution < 1.29 is 0 Å². The molecule has 1 aromatic carbocycles. The molecule has 2 aromatic heterocycles. The second kappa shape index (κ2) is 4.90. The standard InChI is InChI=1S/C13H10ClN5O/c1-18-13(20)12(14)11(7-15-18)19-8-10(16-17-19)9-5-3-2-4-6-9/h2-8H,1H3. The van der Waals surface area contributed by atoms with Crippen molar-refractivity contribution in [2.45, 2.75) is 0 Å². The second-order valence-electron chi connectivity index (χ2n) is 4.19. The Hall–Kier alpha value is -2.47. The summed E-state index contributed by atoms with van der Waals surface area (Å²) in [7, 11) is 1.54. The van der Waals surface area contributed by atoms with Crippen molar-refractivity contribution in [2.24, 2.45) is 7.05 Å². The number of hydrogen-bond acceptors (Lipinski definition) is 4. The number of aryl methyl sites for hydroxylation is 1. The molecule has 3 aromatic rings. The van der Waals surface area contributed by atoms with E-state index >= 15 is 0 Å². The van der Waals surface area contributed by atoms with Crippen LogP contribution in [0, 0.1) is 0 Å². The zero-order valence-corrected chi connectivity index (χ0v) is 11.3. The Bertz CT molecular complexity index is 809. The van der Waals surface area contributed by atoms with Crippen LogP contribution in [0.15, 0.2) is 47.5 Å². The molecule has 0 spiro atoms. The smallest absolute Gasteiger partial charge is 0.266 e. The summed E-state index contributed by atoms with van der Waals surface area (Å²) in [6.07, 6.45) is 3.19. The van der Waals surface area contributed by atoms with Gasteiger partial charge in [0, 0.05) is 12.6 Å². The Kier molecular flexibility index (Phi) is 3.08. The number of benzene rings is 1. The predicted octanol–water partition coefficient (Wildman–Crippen LogP) is 1.68. The van der Waals surface area contributed by atoms with E-state index in [0.29, 0.717) is 11.4 Å². The largest absolute Gasteiger partial charge is 0.287 e. The molecule has 0 radical (unpaired) electrons. The molecular formula is C13H10ClN5O. The molecule has 0 atom stereocenters. The molecule has 0 aliphatic heterocycles. The third-order valence-electron chi connectivity index (χ3n) is 2.87. The van der Waals surface area contributed by atoms with Gasteiger partial charge in [-0.05, 0) is 0 Å². The summed E-state index contributed by atoms with van der Waals surface area (Å²) in [5.74, 6) is 0. The third kappa shape index (κ3) is 2.10. The van der Waals surface area contributed by atoms with Gasteiger partial charge in [0.1, 0.15) is 16.4 Å². The first-order valence-electron chi connectivity index (χ1n) is 5.87. The molecule has 0 unspecified atom stereocenters. The summed E-state index contributed by atoms with van der Waals surface area (Å²) >= 11 is 6.03. The van der Waals surface area contributed by atoms with Gasteiger partial charge in [0.05, 0.1) is 12.4 Å². The van der Waals surface area contributed by atoms with E-state index in [1.807, 2.05) is 30.3 Å². The van der Waals surface area contributed by atoms with Crippen LogP contribution in [0.1, 0.15) is 0 Å². The highest BCUT2D eigenvalue weighted by atomic mass is 35.5. The van der Waals surface area contributed by atoms with Gasteiger partial charge in [0.25, 0.3) is 5.56 Å². The Morgan fingerprint density at radius 2 is 1.95 bits per heavy atom. The molecule has 3 rings (SSSR count). The Morgan fingerprint density at radius 3 is 2.70 bits per heavy atom. The molecule has 0 N–H and O–H groups in total.